The second-order valence-corrected chi connectivity index (χ2v) is 7.73. The summed E-state index contributed by atoms with van der Waals surface area (Å²) in [5.41, 5.74) is 10.5. The molecule has 0 heterocycles. The Labute approximate surface area is 157 Å². The number of nitrogens with two attached hydrogens (primary N) is 1. The number of amides is 1. The lowest BCUT2D eigenvalue weighted by atomic mass is 9.87. The van der Waals surface area contributed by atoms with Crippen molar-refractivity contribution >= 4 is 34.8 Å². The van der Waals surface area contributed by atoms with Crippen LogP contribution in [0.15, 0.2) is 42.5 Å². The summed E-state index contributed by atoms with van der Waals surface area (Å²) in [6.45, 7) is 0. The first-order chi connectivity index (χ1) is 11.5. The normalized spacial score (nSPS) is 17.1. The average molecular weight is 379 g/mol. The van der Waals surface area contributed by atoms with Gasteiger partial charge in [-0.2, -0.15) is 0 Å². The molecule has 134 valence electrons. The van der Waals surface area contributed by atoms with Crippen molar-refractivity contribution in [2.75, 3.05) is 12.0 Å². The molecule has 0 radical (unpaired) electrons. The van der Waals surface area contributed by atoms with Crippen molar-refractivity contribution < 1.29 is 9.00 Å². The molecule has 3 rings (SSSR count). The highest BCUT2D eigenvalue weighted by Gasteiger charge is 2.22. The molecule has 0 saturated heterocycles. The van der Waals surface area contributed by atoms with E-state index in [4.69, 9.17) is 5.73 Å². The van der Waals surface area contributed by atoms with Crippen molar-refractivity contribution in [3.63, 3.8) is 0 Å². The van der Waals surface area contributed by atoms with Crippen molar-refractivity contribution in [3.05, 3.63) is 64.7 Å². The van der Waals surface area contributed by atoms with Crippen molar-refractivity contribution in [3.8, 4) is 0 Å². The Kier molecular flexibility index (Phi) is 6.62. The van der Waals surface area contributed by atoms with Crippen molar-refractivity contribution in [2.24, 2.45) is 0 Å². The lowest BCUT2D eigenvalue weighted by Gasteiger charge is -2.26. The monoisotopic (exact) mass is 378 g/mol. The molecule has 2 aromatic rings. The number of anilines is 1. The van der Waals surface area contributed by atoms with Gasteiger partial charge in [-0.05, 0) is 60.2 Å². The molecule has 2 atom stereocenters. The van der Waals surface area contributed by atoms with E-state index in [0.717, 1.165) is 36.1 Å². The number of hydrogen-bond acceptors (Lipinski definition) is 3. The van der Waals surface area contributed by atoms with Crippen LogP contribution >= 0.6 is 12.4 Å². The maximum atomic E-state index is 12.6. The standard InChI is InChI=1S/C19H22N2O2S.ClH/c1-24(23)12-13-4-2-6-15(10-13)19(22)21-18-7-3-5-14-11-16(20)8-9-17(14)18;/h2,4,6,8-11,18H,3,5,7,12,20H2,1H3,(H,21,22);1H. The van der Waals surface area contributed by atoms with Gasteiger partial charge >= 0.3 is 0 Å². The van der Waals surface area contributed by atoms with E-state index in [1.807, 2.05) is 36.4 Å². The number of nitrogens with one attached hydrogen (secondary N) is 1. The fourth-order valence-corrected chi connectivity index (χ4v) is 3.91. The van der Waals surface area contributed by atoms with Gasteiger partial charge in [-0.3, -0.25) is 9.00 Å². The number of rotatable bonds is 4. The molecule has 1 aliphatic rings. The second-order valence-electron chi connectivity index (χ2n) is 6.29. The second kappa shape index (κ2) is 8.50. The summed E-state index contributed by atoms with van der Waals surface area (Å²) < 4.78 is 11.4. The molecule has 0 aliphatic heterocycles. The molecule has 4 nitrogen and oxygen atoms in total. The third kappa shape index (κ3) is 4.83. The van der Waals surface area contributed by atoms with Crippen LogP contribution in [0.4, 0.5) is 5.69 Å². The van der Waals surface area contributed by atoms with E-state index < -0.39 is 10.8 Å². The van der Waals surface area contributed by atoms with Gasteiger partial charge in [-0.15, -0.1) is 12.4 Å². The number of benzene rings is 2. The van der Waals surface area contributed by atoms with Crippen LogP contribution in [0, 0.1) is 0 Å². The van der Waals surface area contributed by atoms with Gasteiger partial charge in [0.2, 0.25) is 0 Å². The predicted molar refractivity (Wildman–Crippen MR) is 105 cm³/mol. The quantitative estimate of drug-likeness (QED) is 0.801. The Morgan fingerprint density at radius 3 is 2.84 bits per heavy atom. The molecule has 0 saturated carbocycles. The Hall–Kier alpha value is -1.85. The Morgan fingerprint density at radius 1 is 1.28 bits per heavy atom. The zero-order valence-corrected chi connectivity index (χ0v) is 15.8. The van der Waals surface area contributed by atoms with Crippen LogP contribution in [0.1, 0.15) is 45.9 Å². The molecule has 6 heteroatoms. The Bertz CT molecular complexity index is 795. The van der Waals surface area contributed by atoms with Gasteiger partial charge in [0.1, 0.15) is 0 Å². The minimum Gasteiger partial charge on any atom is -0.399 e. The number of halogens is 1. The summed E-state index contributed by atoms with van der Waals surface area (Å²) in [6, 6.07) is 13.3. The molecule has 0 aromatic heterocycles. The topological polar surface area (TPSA) is 72.2 Å². The average Bonchev–Trinajstić information content (AvgIpc) is 2.54. The van der Waals surface area contributed by atoms with E-state index in [-0.39, 0.29) is 24.4 Å². The number of fused-ring (bicyclic) bond motifs is 1. The molecule has 1 amide bonds. The lowest BCUT2D eigenvalue weighted by Crippen LogP contribution is -2.31. The van der Waals surface area contributed by atoms with Crippen LogP contribution in [0.25, 0.3) is 0 Å². The minimum absolute atomic E-state index is 0. The van der Waals surface area contributed by atoms with Gasteiger partial charge in [-0.1, -0.05) is 18.2 Å². The smallest absolute Gasteiger partial charge is 0.251 e. The van der Waals surface area contributed by atoms with Crippen LogP contribution in [0.5, 0.6) is 0 Å². The number of nitrogen functional groups attached to an aromatic ring is 1. The van der Waals surface area contributed by atoms with Crippen LogP contribution < -0.4 is 11.1 Å². The van der Waals surface area contributed by atoms with Gasteiger partial charge in [0.15, 0.2) is 0 Å². The third-order valence-corrected chi connectivity index (χ3v) is 5.09. The minimum atomic E-state index is -0.920. The zero-order chi connectivity index (χ0) is 17.1. The molecule has 0 bridgehead atoms. The third-order valence-electron chi connectivity index (χ3n) is 4.35. The van der Waals surface area contributed by atoms with E-state index in [2.05, 4.69) is 5.32 Å². The van der Waals surface area contributed by atoms with Gasteiger partial charge in [-0.25, -0.2) is 0 Å². The van der Waals surface area contributed by atoms with Crippen LogP contribution in [0.2, 0.25) is 0 Å². The van der Waals surface area contributed by atoms with E-state index in [1.54, 1.807) is 12.3 Å². The number of hydrogen-bond donors (Lipinski definition) is 2. The summed E-state index contributed by atoms with van der Waals surface area (Å²) >= 11 is 0. The summed E-state index contributed by atoms with van der Waals surface area (Å²) in [6.07, 6.45) is 4.64. The molecular formula is C19H23ClN2O2S. The first kappa shape index (κ1) is 19.5. The van der Waals surface area contributed by atoms with E-state index >= 15 is 0 Å². The summed E-state index contributed by atoms with van der Waals surface area (Å²) in [5, 5.41) is 3.14. The fraction of sp³-hybridized carbons (Fsp3) is 0.316. The van der Waals surface area contributed by atoms with Gasteiger partial charge in [0.05, 0.1) is 6.04 Å². The van der Waals surface area contributed by atoms with E-state index in [9.17, 15) is 9.00 Å². The first-order valence-corrected chi connectivity index (χ1v) is 9.84. The maximum Gasteiger partial charge on any atom is 0.251 e. The predicted octanol–water partition coefficient (Wildman–Crippen LogP) is 3.38. The van der Waals surface area contributed by atoms with Gasteiger partial charge < -0.3 is 11.1 Å². The highest BCUT2D eigenvalue weighted by Crippen LogP contribution is 2.31. The summed E-state index contributed by atoms with van der Waals surface area (Å²) in [7, 11) is -0.920. The molecule has 0 fully saturated rings. The molecule has 3 N–H and O–H groups in total. The zero-order valence-electron chi connectivity index (χ0n) is 14.2. The van der Waals surface area contributed by atoms with Crippen molar-refractivity contribution in [2.45, 2.75) is 31.1 Å². The molecule has 1 aliphatic carbocycles. The molecule has 25 heavy (non-hydrogen) atoms. The maximum absolute atomic E-state index is 12.6. The number of aryl methyl sites for hydroxylation is 1. The number of carbonyl (C=O) groups is 1. The molecule has 2 unspecified atom stereocenters. The first-order valence-electron chi connectivity index (χ1n) is 8.11. The number of carbonyl (C=O) groups excluding carboxylic acids is 1. The fourth-order valence-electron chi connectivity index (χ4n) is 3.26. The van der Waals surface area contributed by atoms with E-state index in [1.165, 1.54) is 5.56 Å². The Morgan fingerprint density at radius 2 is 2.08 bits per heavy atom. The SMILES string of the molecule is CS(=O)Cc1cccc(C(=O)NC2CCCc3cc(N)ccc32)c1.Cl. The van der Waals surface area contributed by atoms with Crippen LogP contribution in [0.3, 0.4) is 0 Å². The van der Waals surface area contributed by atoms with Crippen molar-refractivity contribution in [1.29, 1.82) is 0 Å². The molecule has 0 spiro atoms. The lowest BCUT2D eigenvalue weighted by molar-refractivity contribution is 0.0932. The highest BCUT2D eigenvalue weighted by atomic mass is 35.5. The van der Waals surface area contributed by atoms with Crippen LogP contribution in [-0.2, 0) is 23.0 Å². The van der Waals surface area contributed by atoms with Crippen LogP contribution in [-0.4, -0.2) is 16.4 Å². The molecule has 2 aromatic carbocycles. The Balaban J connectivity index is 0.00000225. The van der Waals surface area contributed by atoms with Gasteiger partial charge in [0, 0.05) is 34.1 Å². The summed E-state index contributed by atoms with van der Waals surface area (Å²) in [4.78, 5) is 12.6. The van der Waals surface area contributed by atoms with E-state index in [0.29, 0.717) is 11.3 Å². The van der Waals surface area contributed by atoms with Crippen molar-refractivity contribution in [1.82, 2.24) is 5.32 Å². The largest absolute Gasteiger partial charge is 0.399 e. The summed E-state index contributed by atoms with van der Waals surface area (Å²) in [5.74, 6) is 0.376. The molecular weight excluding hydrogens is 356 g/mol. The van der Waals surface area contributed by atoms with Gasteiger partial charge in [0.25, 0.3) is 5.91 Å². The highest BCUT2D eigenvalue weighted by molar-refractivity contribution is 7.83.